The van der Waals surface area contributed by atoms with E-state index in [-0.39, 0.29) is 12.5 Å². The number of amides is 1. The molecule has 0 aliphatic carbocycles. The van der Waals surface area contributed by atoms with Gasteiger partial charge in [0.2, 0.25) is 6.10 Å². The number of nitrogens with one attached hydrogen (secondary N) is 1. The van der Waals surface area contributed by atoms with Crippen LogP contribution in [0.15, 0.2) is 42.5 Å². The number of likely N-dealkylation sites (N-methyl/N-ethyl adjacent to an activating group) is 1. The van der Waals surface area contributed by atoms with Crippen LogP contribution in [0.2, 0.25) is 0 Å². The van der Waals surface area contributed by atoms with Gasteiger partial charge in [0.15, 0.2) is 16.6 Å². The fraction of sp³-hybridized carbons (Fsp3) is 0.333. The largest absolute Gasteiger partial charge is 0.494 e. The third kappa shape index (κ3) is 3.99. The van der Waals surface area contributed by atoms with Crippen LogP contribution in [0.25, 0.3) is 10.2 Å². The average molecular weight is 415 g/mol. The predicted octanol–water partition coefficient (Wildman–Crippen LogP) is 1.62. The number of ether oxygens (including phenoxy) is 3. The summed E-state index contributed by atoms with van der Waals surface area (Å²) in [5.41, 5.74) is 0.760. The number of hydrogen-bond donors (Lipinski definition) is 1. The number of carbonyl (C=O) groups is 1. The monoisotopic (exact) mass is 414 g/mol. The van der Waals surface area contributed by atoms with Gasteiger partial charge in [0, 0.05) is 0 Å². The number of para-hydroxylation sites is 3. The molecule has 1 N–H and O–H groups in total. The second-order valence-corrected chi connectivity index (χ2v) is 8.12. The van der Waals surface area contributed by atoms with Gasteiger partial charge in [0.25, 0.3) is 5.91 Å². The van der Waals surface area contributed by atoms with Crippen molar-refractivity contribution in [3.8, 4) is 17.2 Å². The van der Waals surface area contributed by atoms with E-state index in [1.807, 2.05) is 42.5 Å². The molecule has 8 heteroatoms. The van der Waals surface area contributed by atoms with Crippen molar-refractivity contribution in [1.82, 2.24) is 4.98 Å². The zero-order valence-electron chi connectivity index (χ0n) is 16.7. The van der Waals surface area contributed by atoms with Crippen molar-refractivity contribution >= 4 is 32.6 Å². The molecule has 0 saturated heterocycles. The highest BCUT2D eigenvalue weighted by Crippen LogP contribution is 2.35. The predicted molar refractivity (Wildman–Crippen MR) is 113 cm³/mol. The SMILES string of the molecule is COc1cccc2sc(N(CC[NH+](C)C)C(=O)[C@H]3COc4ccccc4O3)nc12. The van der Waals surface area contributed by atoms with Crippen molar-refractivity contribution < 1.29 is 23.9 Å². The molecule has 152 valence electrons. The second-order valence-electron chi connectivity index (χ2n) is 7.11. The van der Waals surface area contributed by atoms with Crippen LogP contribution >= 0.6 is 11.3 Å². The molecule has 3 aromatic rings. The molecular formula is C21H24N3O4S+. The number of methoxy groups -OCH3 is 1. The van der Waals surface area contributed by atoms with Crippen LogP contribution in [0, 0.1) is 0 Å². The molecule has 29 heavy (non-hydrogen) atoms. The minimum Gasteiger partial charge on any atom is -0.494 e. The first kappa shape index (κ1) is 19.5. The van der Waals surface area contributed by atoms with Gasteiger partial charge < -0.3 is 19.1 Å². The van der Waals surface area contributed by atoms with Crippen molar-refractivity contribution in [2.45, 2.75) is 6.10 Å². The van der Waals surface area contributed by atoms with Gasteiger partial charge in [-0.2, -0.15) is 0 Å². The molecule has 1 aliphatic heterocycles. The highest BCUT2D eigenvalue weighted by molar-refractivity contribution is 7.22. The number of hydrogen-bond acceptors (Lipinski definition) is 6. The number of aromatic nitrogens is 1. The standard InChI is InChI=1S/C21H23N3O4S/c1-23(2)11-12-24(21-22-19-16(26-3)9-6-10-18(19)29-21)20(25)17-13-27-14-7-4-5-8-15(14)28-17/h4-10,17H,11-13H2,1-3H3/p+1/t17-/m1/s1. The molecule has 1 amide bonds. The zero-order valence-corrected chi connectivity index (χ0v) is 17.5. The minimum atomic E-state index is -0.712. The molecule has 0 fully saturated rings. The molecule has 0 radical (unpaired) electrons. The molecule has 1 aliphatic rings. The van der Waals surface area contributed by atoms with Crippen molar-refractivity contribution in [3.05, 3.63) is 42.5 Å². The summed E-state index contributed by atoms with van der Waals surface area (Å²) < 4.78 is 18.1. The Kier molecular flexibility index (Phi) is 5.55. The number of carbonyl (C=O) groups excluding carboxylic acids is 1. The molecule has 4 rings (SSSR count). The lowest BCUT2D eigenvalue weighted by Gasteiger charge is -2.29. The van der Waals surface area contributed by atoms with Gasteiger partial charge in [0.1, 0.15) is 17.9 Å². The molecule has 0 bridgehead atoms. The highest BCUT2D eigenvalue weighted by Gasteiger charge is 2.33. The number of rotatable bonds is 6. The maximum Gasteiger partial charge on any atom is 0.273 e. The summed E-state index contributed by atoms with van der Waals surface area (Å²) in [6.07, 6.45) is -0.712. The fourth-order valence-electron chi connectivity index (χ4n) is 3.14. The normalized spacial score (nSPS) is 15.5. The molecule has 0 spiro atoms. The first-order chi connectivity index (χ1) is 14.1. The molecular weight excluding hydrogens is 390 g/mol. The Balaban J connectivity index is 1.64. The van der Waals surface area contributed by atoms with Crippen LogP contribution in [-0.4, -0.2) is 57.9 Å². The van der Waals surface area contributed by atoms with Crippen LogP contribution in [0.3, 0.4) is 0 Å². The van der Waals surface area contributed by atoms with Crippen molar-refractivity contribution in [2.24, 2.45) is 0 Å². The number of fused-ring (bicyclic) bond motifs is 2. The van der Waals surface area contributed by atoms with E-state index in [9.17, 15) is 4.79 Å². The van der Waals surface area contributed by atoms with E-state index in [1.165, 1.54) is 16.2 Å². The van der Waals surface area contributed by atoms with E-state index in [4.69, 9.17) is 19.2 Å². The number of anilines is 1. The Morgan fingerprint density at radius 1 is 1.24 bits per heavy atom. The minimum absolute atomic E-state index is 0.154. The molecule has 2 aromatic carbocycles. The van der Waals surface area contributed by atoms with Gasteiger partial charge in [-0.3, -0.25) is 9.69 Å². The van der Waals surface area contributed by atoms with Crippen LogP contribution in [0.5, 0.6) is 17.2 Å². The van der Waals surface area contributed by atoms with Crippen molar-refractivity contribution in [2.75, 3.05) is 45.8 Å². The lowest BCUT2D eigenvalue weighted by Crippen LogP contribution is -3.06. The number of thiazole rings is 1. The maximum absolute atomic E-state index is 13.4. The first-order valence-electron chi connectivity index (χ1n) is 9.49. The van der Waals surface area contributed by atoms with Gasteiger partial charge in [0.05, 0.1) is 39.0 Å². The Morgan fingerprint density at radius 2 is 2.03 bits per heavy atom. The molecule has 1 aromatic heterocycles. The van der Waals surface area contributed by atoms with E-state index in [1.54, 1.807) is 12.0 Å². The van der Waals surface area contributed by atoms with Crippen LogP contribution < -0.4 is 24.0 Å². The summed E-state index contributed by atoms with van der Waals surface area (Å²) in [5.74, 6) is 1.78. The summed E-state index contributed by atoms with van der Waals surface area (Å²) in [7, 11) is 5.73. The van der Waals surface area contributed by atoms with E-state index in [0.717, 1.165) is 16.8 Å². The number of benzene rings is 2. The average Bonchev–Trinajstić information content (AvgIpc) is 3.17. The van der Waals surface area contributed by atoms with Crippen molar-refractivity contribution in [3.63, 3.8) is 0 Å². The van der Waals surface area contributed by atoms with Crippen LogP contribution in [0.4, 0.5) is 5.13 Å². The summed E-state index contributed by atoms with van der Waals surface area (Å²) in [4.78, 5) is 21.1. The van der Waals surface area contributed by atoms with Gasteiger partial charge >= 0.3 is 0 Å². The first-order valence-corrected chi connectivity index (χ1v) is 10.3. The number of nitrogens with zero attached hydrogens (tertiary/aromatic N) is 2. The summed E-state index contributed by atoms with van der Waals surface area (Å²) in [5, 5.41) is 0.637. The van der Waals surface area contributed by atoms with Gasteiger partial charge in [-0.15, -0.1) is 0 Å². The molecule has 0 unspecified atom stereocenters. The van der Waals surface area contributed by atoms with E-state index in [0.29, 0.717) is 28.9 Å². The van der Waals surface area contributed by atoms with Gasteiger partial charge in [-0.1, -0.05) is 29.5 Å². The molecule has 2 heterocycles. The summed E-state index contributed by atoms with van der Waals surface area (Å²) in [6.45, 7) is 1.49. The Bertz CT molecular complexity index is 1020. The van der Waals surface area contributed by atoms with Crippen LogP contribution in [0.1, 0.15) is 0 Å². The summed E-state index contributed by atoms with van der Waals surface area (Å²) >= 11 is 1.47. The van der Waals surface area contributed by atoms with Gasteiger partial charge in [-0.05, 0) is 24.3 Å². The highest BCUT2D eigenvalue weighted by atomic mass is 32.1. The van der Waals surface area contributed by atoms with Gasteiger partial charge in [-0.25, -0.2) is 4.98 Å². The Labute approximate surface area is 173 Å². The fourth-order valence-corrected chi connectivity index (χ4v) is 4.16. The lowest BCUT2D eigenvalue weighted by atomic mass is 10.2. The van der Waals surface area contributed by atoms with E-state index in [2.05, 4.69) is 14.1 Å². The topological polar surface area (TPSA) is 65.3 Å². The number of quaternary nitrogens is 1. The quantitative estimate of drug-likeness (QED) is 0.664. The van der Waals surface area contributed by atoms with E-state index < -0.39 is 6.10 Å². The summed E-state index contributed by atoms with van der Waals surface area (Å²) in [6, 6.07) is 13.2. The lowest BCUT2D eigenvalue weighted by molar-refractivity contribution is -0.856. The molecule has 0 saturated carbocycles. The second kappa shape index (κ2) is 8.26. The van der Waals surface area contributed by atoms with Crippen LogP contribution in [-0.2, 0) is 4.79 Å². The smallest absolute Gasteiger partial charge is 0.273 e. The third-order valence-electron chi connectivity index (χ3n) is 4.71. The Morgan fingerprint density at radius 3 is 2.79 bits per heavy atom. The maximum atomic E-state index is 13.4. The van der Waals surface area contributed by atoms with Crippen molar-refractivity contribution in [1.29, 1.82) is 0 Å². The zero-order chi connectivity index (χ0) is 20.4. The third-order valence-corrected chi connectivity index (χ3v) is 5.75. The molecule has 7 nitrogen and oxygen atoms in total. The molecule has 1 atom stereocenters. The van der Waals surface area contributed by atoms with E-state index >= 15 is 0 Å². The Hall–Kier alpha value is -2.84.